The van der Waals surface area contributed by atoms with Crippen molar-refractivity contribution in [1.82, 2.24) is 5.32 Å². The van der Waals surface area contributed by atoms with E-state index in [-0.39, 0.29) is 11.4 Å². The number of hydrogen-bond donors (Lipinski definition) is 1. The molecule has 0 radical (unpaired) electrons. The predicted octanol–water partition coefficient (Wildman–Crippen LogP) is 1.38. The van der Waals surface area contributed by atoms with Gasteiger partial charge in [0.1, 0.15) is 0 Å². The van der Waals surface area contributed by atoms with E-state index in [2.05, 4.69) is 32.8 Å². The van der Waals surface area contributed by atoms with E-state index in [0.29, 0.717) is 5.57 Å². The Balaban J connectivity index is 0. The predicted molar refractivity (Wildman–Crippen MR) is 66.5 cm³/mol. The number of quaternary nitrogens is 1. The van der Waals surface area contributed by atoms with Crippen molar-refractivity contribution in [3.05, 3.63) is 12.2 Å². The highest BCUT2D eigenvalue weighted by atomic mass is 16.1. The number of hydrogen-bond acceptors (Lipinski definition) is 2. The van der Waals surface area contributed by atoms with Crippen molar-refractivity contribution in [2.75, 3.05) is 33.2 Å². The molecule has 4 nitrogen and oxygen atoms in total. The highest BCUT2D eigenvalue weighted by Crippen LogP contribution is 2.02. The number of amides is 1. The van der Waals surface area contributed by atoms with Gasteiger partial charge in [-0.25, -0.2) is 0 Å². The minimum atomic E-state index is -0.0304. The van der Waals surface area contributed by atoms with Crippen LogP contribution in [0.3, 0.4) is 0 Å². The van der Waals surface area contributed by atoms with Gasteiger partial charge in [-0.1, -0.05) is 6.58 Å². The standard InChI is InChI=1S/C12H24N2O.H2O/c1-6-14(5,7-2)10-8-9-13-12(15)11(3)4;/h3,6-10H2,1-2,4-5H3;1H2. The number of nitrogens with one attached hydrogen (secondary N) is 1. The lowest BCUT2D eigenvalue weighted by Gasteiger charge is -2.32. The molecule has 0 aliphatic rings. The second-order valence-corrected chi connectivity index (χ2v) is 4.37. The van der Waals surface area contributed by atoms with E-state index in [9.17, 15) is 4.79 Å². The smallest absolute Gasteiger partial charge is 0.246 e. The Morgan fingerprint density at radius 2 is 1.81 bits per heavy atom. The Bertz CT molecular complexity index is 223. The first-order valence-electron chi connectivity index (χ1n) is 5.72. The van der Waals surface area contributed by atoms with Crippen LogP contribution in [0.1, 0.15) is 27.2 Å². The quantitative estimate of drug-likeness (QED) is 0.408. The van der Waals surface area contributed by atoms with Gasteiger partial charge in [-0.2, -0.15) is 0 Å². The van der Waals surface area contributed by atoms with Gasteiger partial charge in [-0.05, 0) is 20.8 Å². The third-order valence-electron chi connectivity index (χ3n) is 3.07. The van der Waals surface area contributed by atoms with E-state index < -0.39 is 0 Å². The van der Waals surface area contributed by atoms with Crippen LogP contribution in [0.2, 0.25) is 0 Å². The van der Waals surface area contributed by atoms with Crippen LogP contribution >= 0.6 is 0 Å². The average molecular weight is 230 g/mol. The monoisotopic (exact) mass is 230 g/mol. The van der Waals surface area contributed by atoms with Crippen LogP contribution in [0, 0.1) is 0 Å². The molecule has 0 aliphatic carbocycles. The molecular formula is C12H26N2O2. The van der Waals surface area contributed by atoms with Crippen molar-refractivity contribution in [2.45, 2.75) is 27.2 Å². The first-order chi connectivity index (χ1) is 6.95. The molecule has 16 heavy (non-hydrogen) atoms. The molecule has 0 rings (SSSR count). The zero-order valence-electron chi connectivity index (χ0n) is 11.0. The molecule has 0 spiro atoms. The van der Waals surface area contributed by atoms with E-state index in [1.165, 1.54) is 0 Å². The highest BCUT2D eigenvalue weighted by Gasteiger charge is 2.15. The van der Waals surface area contributed by atoms with Crippen molar-refractivity contribution in [1.29, 1.82) is 0 Å². The van der Waals surface area contributed by atoms with Gasteiger partial charge < -0.3 is 15.3 Å². The molecule has 0 atom stereocenters. The molecule has 0 aromatic rings. The van der Waals surface area contributed by atoms with E-state index in [1.54, 1.807) is 6.92 Å². The van der Waals surface area contributed by atoms with Crippen molar-refractivity contribution in [2.24, 2.45) is 0 Å². The van der Waals surface area contributed by atoms with E-state index >= 15 is 0 Å². The van der Waals surface area contributed by atoms with Crippen LogP contribution in [-0.4, -0.2) is 49.1 Å². The van der Waals surface area contributed by atoms with Gasteiger partial charge in [0.2, 0.25) is 5.91 Å². The Morgan fingerprint density at radius 1 is 1.31 bits per heavy atom. The van der Waals surface area contributed by atoms with Gasteiger partial charge >= 0.3 is 0 Å². The summed E-state index contributed by atoms with van der Waals surface area (Å²) < 4.78 is 1.07. The Labute approximate surface area is 99.2 Å². The average Bonchev–Trinajstić information content (AvgIpc) is 2.23. The number of rotatable bonds is 7. The molecule has 0 fully saturated rings. The lowest BCUT2D eigenvalue weighted by atomic mass is 10.3. The van der Waals surface area contributed by atoms with Crippen molar-refractivity contribution >= 4 is 5.91 Å². The topological polar surface area (TPSA) is 59.1 Å². The summed E-state index contributed by atoms with van der Waals surface area (Å²) >= 11 is 0. The van der Waals surface area contributed by atoms with Crippen LogP contribution in [0.5, 0.6) is 0 Å². The van der Waals surface area contributed by atoms with Gasteiger partial charge in [-0.15, -0.1) is 0 Å². The van der Waals surface area contributed by atoms with Gasteiger partial charge in [0.05, 0.1) is 26.7 Å². The van der Waals surface area contributed by atoms with E-state index in [0.717, 1.165) is 37.1 Å². The normalized spacial score (nSPS) is 10.5. The second-order valence-electron chi connectivity index (χ2n) is 4.37. The Kier molecular flexibility index (Phi) is 9.09. The van der Waals surface area contributed by atoms with E-state index in [4.69, 9.17) is 0 Å². The molecule has 0 saturated heterocycles. The molecule has 2 N–H and O–H groups in total. The SMILES string of the molecule is C=C(C)C(=O)NCCC[N+](C)(CC)CC.[OH-]. The Morgan fingerprint density at radius 3 is 2.19 bits per heavy atom. The van der Waals surface area contributed by atoms with Crippen LogP contribution in [0.25, 0.3) is 0 Å². The summed E-state index contributed by atoms with van der Waals surface area (Å²) in [5.74, 6) is -0.0304. The summed E-state index contributed by atoms with van der Waals surface area (Å²) in [6, 6.07) is 0. The maximum absolute atomic E-state index is 11.2. The lowest BCUT2D eigenvalue weighted by molar-refractivity contribution is -0.906. The maximum Gasteiger partial charge on any atom is 0.246 e. The molecule has 1 amide bonds. The first kappa shape index (κ1) is 17.5. The third kappa shape index (κ3) is 6.58. The molecule has 0 aliphatic heterocycles. The highest BCUT2D eigenvalue weighted by molar-refractivity contribution is 5.91. The molecular weight excluding hydrogens is 204 g/mol. The summed E-state index contributed by atoms with van der Waals surface area (Å²) in [5, 5.41) is 2.85. The summed E-state index contributed by atoms with van der Waals surface area (Å²) in [6.07, 6.45) is 1.02. The lowest BCUT2D eigenvalue weighted by Crippen LogP contribution is -2.45. The number of carbonyl (C=O) groups excluding carboxylic acids is 1. The Hall–Kier alpha value is -0.870. The van der Waals surface area contributed by atoms with Gasteiger partial charge in [0.15, 0.2) is 0 Å². The van der Waals surface area contributed by atoms with Crippen LogP contribution < -0.4 is 5.32 Å². The summed E-state index contributed by atoms with van der Waals surface area (Å²) in [6.45, 7) is 13.9. The fraction of sp³-hybridized carbons (Fsp3) is 0.750. The minimum absolute atomic E-state index is 0. The zero-order chi connectivity index (χ0) is 11.9. The summed E-state index contributed by atoms with van der Waals surface area (Å²) in [7, 11) is 2.25. The molecule has 0 heterocycles. The van der Waals surface area contributed by atoms with Gasteiger partial charge in [-0.3, -0.25) is 4.79 Å². The van der Waals surface area contributed by atoms with Gasteiger partial charge in [0, 0.05) is 18.5 Å². The molecule has 0 unspecified atom stereocenters. The largest absolute Gasteiger partial charge is 0.870 e. The summed E-state index contributed by atoms with van der Waals surface area (Å²) in [5.41, 5.74) is 0.582. The second kappa shape index (κ2) is 8.30. The molecule has 0 aromatic heterocycles. The summed E-state index contributed by atoms with van der Waals surface area (Å²) in [4.78, 5) is 11.2. The number of carbonyl (C=O) groups is 1. The fourth-order valence-corrected chi connectivity index (χ4v) is 1.35. The van der Waals surface area contributed by atoms with Crippen LogP contribution in [0.15, 0.2) is 12.2 Å². The zero-order valence-corrected chi connectivity index (χ0v) is 11.0. The molecule has 0 saturated carbocycles. The molecule has 0 aromatic carbocycles. The van der Waals surface area contributed by atoms with Crippen LogP contribution in [0.4, 0.5) is 0 Å². The van der Waals surface area contributed by atoms with Gasteiger partial charge in [0.25, 0.3) is 0 Å². The molecule has 96 valence electrons. The molecule has 4 heteroatoms. The van der Waals surface area contributed by atoms with Crippen molar-refractivity contribution in [3.63, 3.8) is 0 Å². The van der Waals surface area contributed by atoms with Crippen molar-refractivity contribution in [3.8, 4) is 0 Å². The minimum Gasteiger partial charge on any atom is -0.870 e. The van der Waals surface area contributed by atoms with E-state index in [1.807, 2.05) is 0 Å². The van der Waals surface area contributed by atoms with Crippen LogP contribution in [-0.2, 0) is 4.79 Å². The molecule has 0 bridgehead atoms. The number of nitrogens with zero attached hydrogens (tertiary/aromatic N) is 1. The third-order valence-corrected chi connectivity index (χ3v) is 3.07. The first-order valence-corrected chi connectivity index (χ1v) is 5.72. The maximum atomic E-state index is 11.2. The van der Waals surface area contributed by atoms with Crippen molar-refractivity contribution < 1.29 is 14.8 Å². The fourth-order valence-electron chi connectivity index (χ4n) is 1.35.